The summed E-state index contributed by atoms with van der Waals surface area (Å²) in [6, 6.07) is 0. The number of hydrogen-bond donors (Lipinski definition) is 0. The minimum atomic E-state index is 0.479. The van der Waals surface area contributed by atoms with Crippen LogP contribution in [-0.4, -0.2) is 0 Å². The molecule has 1 atom stereocenters. The summed E-state index contributed by atoms with van der Waals surface area (Å²) in [5, 5.41) is 0. The highest BCUT2D eigenvalue weighted by molar-refractivity contribution is 5.13. The molecule has 0 nitrogen and oxygen atoms in total. The van der Waals surface area contributed by atoms with E-state index in [0.717, 1.165) is 12.3 Å². The van der Waals surface area contributed by atoms with E-state index in [4.69, 9.17) is 0 Å². The second-order valence-corrected chi connectivity index (χ2v) is 4.55. The minimum absolute atomic E-state index is 0.479. The van der Waals surface area contributed by atoms with E-state index in [1.807, 2.05) is 0 Å². The van der Waals surface area contributed by atoms with Crippen LogP contribution < -0.4 is 0 Å². The second kappa shape index (κ2) is 3.47. The summed E-state index contributed by atoms with van der Waals surface area (Å²) in [7, 11) is 0. The van der Waals surface area contributed by atoms with Crippen LogP contribution in [0.5, 0.6) is 0 Å². The molecule has 0 bridgehead atoms. The van der Waals surface area contributed by atoms with Gasteiger partial charge in [-0.15, -0.1) is 6.58 Å². The third kappa shape index (κ3) is 1.80. The predicted octanol–water partition coefficient (Wildman–Crippen LogP) is 3.95. The summed E-state index contributed by atoms with van der Waals surface area (Å²) < 4.78 is 0. The Morgan fingerprint density at radius 2 is 2.33 bits per heavy atom. The summed E-state index contributed by atoms with van der Waals surface area (Å²) >= 11 is 0. The van der Waals surface area contributed by atoms with Crippen molar-refractivity contribution in [1.29, 1.82) is 0 Å². The second-order valence-electron chi connectivity index (χ2n) is 4.55. The highest BCUT2D eigenvalue weighted by atomic mass is 14.4. The first-order chi connectivity index (χ1) is 5.58. The van der Waals surface area contributed by atoms with Crippen molar-refractivity contribution in [1.82, 2.24) is 0 Å². The van der Waals surface area contributed by atoms with Crippen molar-refractivity contribution in [2.24, 2.45) is 11.3 Å². The maximum Gasteiger partial charge on any atom is -0.0120 e. The molecule has 1 aliphatic rings. The normalized spacial score (nSPS) is 27.9. The highest BCUT2D eigenvalue weighted by Gasteiger charge is 2.31. The van der Waals surface area contributed by atoms with Gasteiger partial charge in [0.25, 0.3) is 0 Å². The van der Waals surface area contributed by atoms with E-state index in [1.54, 1.807) is 5.57 Å². The first-order valence-electron chi connectivity index (χ1n) is 4.85. The Morgan fingerprint density at radius 3 is 2.83 bits per heavy atom. The van der Waals surface area contributed by atoms with Crippen molar-refractivity contribution in [2.75, 3.05) is 0 Å². The van der Waals surface area contributed by atoms with Gasteiger partial charge < -0.3 is 0 Å². The minimum Gasteiger partial charge on any atom is -0.103 e. The van der Waals surface area contributed by atoms with Crippen LogP contribution in [0, 0.1) is 11.3 Å². The molecule has 0 spiro atoms. The Morgan fingerprint density at radius 1 is 1.67 bits per heavy atom. The topological polar surface area (TPSA) is 0 Å². The van der Waals surface area contributed by atoms with Gasteiger partial charge in [-0.05, 0) is 37.5 Å². The first-order valence-corrected chi connectivity index (χ1v) is 4.85. The fraction of sp³-hybridized carbons (Fsp3) is 0.667. The monoisotopic (exact) mass is 164 g/mol. The summed E-state index contributed by atoms with van der Waals surface area (Å²) in [5.41, 5.74) is 2.04. The van der Waals surface area contributed by atoms with E-state index in [0.29, 0.717) is 5.41 Å². The summed E-state index contributed by atoms with van der Waals surface area (Å²) in [6.45, 7) is 10.8. The maximum atomic E-state index is 3.83. The molecule has 1 aliphatic carbocycles. The van der Waals surface area contributed by atoms with Gasteiger partial charge in [0.15, 0.2) is 0 Å². The number of allylic oxidation sites excluding steroid dienone is 3. The third-order valence-corrected chi connectivity index (χ3v) is 3.15. The molecule has 0 amide bonds. The van der Waals surface area contributed by atoms with Gasteiger partial charge in [-0.25, -0.2) is 0 Å². The lowest BCUT2D eigenvalue weighted by Crippen LogP contribution is -2.27. The number of hydrogen-bond acceptors (Lipinski definition) is 0. The third-order valence-electron chi connectivity index (χ3n) is 3.15. The van der Waals surface area contributed by atoms with Crippen LogP contribution in [0.15, 0.2) is 24.3 Å². The Labute approximate surface area is 76.4 Å². The predicted molar refractivity (Wildman–Crippen MR) is 55.1 cm³/mol. The Hall–Kier alpha value is -0.520. The van der Waals surface area contributed by atoms with Crippen LogP contribution in [-0.2, 0) is 0 Å². The van der Waals surface area contributed by atoms with Crippen molar-refractivity contribution in [2.45, 2.75) is 40.0 Å². The van der Waals surface area contributed by atoms with Gasteiger partial charge in [0.1, 0.15) is 0 Å². The molecule has 0 radical (unpaired) electrons. The van der Waals surface area contributed by atoms with Gasteiger partial charge in [-0.2, -0.15) is 0 Å². The molecule has 0 aromatic rings. The first kappa shape index (κ1) is 9.57. The van der Waals surface area contributed by atoms with Crippen molar-refractivity contribution >= 4 is 0 Å². The van der Waals surface area contributed by atoms with Crippen molar-refractivity contribution in [3.8, 4) is 0 Å². The molecule has 0 aromatic carbocycles. The van der Waals surface area contributed by atoms with E-state index in [2.05, 4.69) is 39.5 Å². The lowest BCUT2D eigenvalue weighted by Gasteiger charge is -2.38. The molecule has 0 aromatic heterocycles. The van der Waals surface area contributed by atoms with Gasteiger partial charge in [0.05, 0.1) is 0 Å². The van der Waals surface area contributed by atoms with Crippen LogP contribution in [0.25, 0.3) is 0 Å². The van der Waals surface area contributed by atoms with E-state index in [9.17, 15) is 0 Å². The van der Waals surface area contributed by atoms with Crippen LogP contribution in [0.4, 0.5) is 0 Å². The summed E-state index contributed by atoms with van der Waals surface area (Å²) in [6.07, 6.45) is 8.15. The van der Waals surface area contributed by atoms with Gasteiger partial charge >= 0.3 is 0 Å². The Bertz CT molecular complexity index is 196. The molecule has 1 rings (SSSR count). The molecule has 0 heteroatoms. The summed E-state index contributed by atoms with van der Waals surface area (Å²) in [5.74, 6) is 0.726. The quantitative estimate of drug-likeness (QED) is 0.542. The zero-order valence-electron chi connectivity index (χ0n) is 8.56. The molecule has 0 saturated heterocycles. The largest absolute Gasteiger partial charge is 0.103 e. The molecule has 0 saturated carbocycles. The molecule has 0 N–H and O–H groups in total. The summed E-state index contributed by atoms with van der Waals surface area (Å²) in [4.78, 5) is 0. The zero-order valence-corrected chi connectivity index (χ0v) is 8.56. The average molecular weight is 164 g/mol. The molecule has 0 heterocycles. The Balaban J connectivity index is 2.80. The standard InChI is InChI=1S/C12H20/c1-5-7-11-10(2)8-6-9-12(11,3)4/h5,8,11H,1,6-7,9H2,2-4H3. The van der Waals surface area contributed by atoms with Crippen molar-refractivity contribution < 1.29 is 0 Å². The van der Waals surface area contributed by atoms with Crippen LogP contribution in [0.1, 0.15) is 40.0 Å². The molecule has 12 heavy (non-hydrogen) atoms. The lowest BCUT2D eigenvalue weighted by atomic mass is 9.67. The van der Waals surface area contributed by atoms with E-state index in [-0.39, 0.29) is 0 Å². The van der Waals surface area contributed by atoms with Gasteiger partial charge in [0, 0.05) is 0 Å². The molecule has 0 aliphatic heterocycles. The van der Waals surface area contributed by atoms with Gasteiger partial charge in [0.2, 0.25) is 0 Å². The zero-order chi connectivity index (χ0) is 9.19. The fourth-order valence-corrected chi connectivity index (χ4v) is 2.28. The van der Waals surface area contributed by atoms with Gasteiger partial charge in [-0.3, -0.25) is 0 Å². The fourth-order valence-electron chi connectivity index (χ4n) is 2.28. The molecular weight excluding hydrogens is 144 g/mol. The Kier molecular flexibility index (Phi) is 2.76. The lowest BCUT2D eigenvalue weighted by molar-refractivity contribution is 0.216. The van der Waals surface area contributed by atoms with Crippen LogP contribution in [0.3, 0.4) is 0 Å². The molecule has 68 valence electrons. The van der Waals surface area contributed by atoms with E-state index in [1.165, 1.54) is 12.8 Å². The van der Waals surface area contributed by atoms with Crippen LogP contribution in [0.2, 0.25) is 0 Å². The number of rotatable bonds is 2. The molecule has 0 fully saturated rings. The SMILES string of the molecule is C=CCC1C(C)=CCCC1(C)C. The van der Waals surface area contributed by atoms with E-state index >= 15 is 0 Å². The van der Waals surface area contributed by atoms with Crippen molar-refractivity contribution in [3.63, 3.8) is 0 Å². The maximum absolute atomic E-state index is 3.83. The average Bonchev–Trinajstić information content (AvgIpc) is 1.97. The van der Waals surface area contributed by atoms with E-state index < -0.39 is 0 Å². The highest BCUT2D eigenvalue weighted by Crippen LogP contribution is 2.42. The van der Waals surface area contributed by atoms with Gasteiger partial charge in [-0.1, -0.05) is 31.6 Å². The van der Waals surface area contributed by atoms with Crippen LogP contribution >= 0.6 is 0 Å². The van der Waals surface area contributed by atoms with Crippen molar-refractivity contribution in [3.05, 3.63) is 24.3 Å². The molecular formula is C12H20. The molecule has 1 unspecified atom stereocenters. The smallest absolute Gasteiger partial charge is 0.0120 e.